The van der Waals surface area contributed by atoms with Gasteiger partial charge in [0.15, 0.2) is 11.4 Å². The third kappa shape index (κ3) is 3.40. The number of anilines is 1. The molecule has 1 N–H and O–H groups in total. The summed E-state index contributed by atoms with van der Waals surface area (Å²) in [7, 11) is 0. The number of carbonyl (C=O) groups is 3. The molecular formula is C19H20N4O4S. The van der Waals surface area contributed by atoms with Crippen LogP contribution in [0.4, 0.5) is 5.00 Å². The number of aryl methyl sites for hydroxylation is 2. The molecule has 0 fully saturated rings. The molecule has 0 atom stereocenters. The highest BCUT2D eigenvalue weighted by Crippen LogP contribution is 2.34. The van der Waals surface area contributed by atoms with Crippen molar-refractivity contribution in [1.82, 2.24) is 14.6 Å². The first-order chi connectivity index (χ1) is 13.2. The Bertz CT molecular complexity index is 1110. The minimum absolute atomic E-state index is 0.183. The van der Waals surface area contributed by atoms with E-state index in [0.717, 1.165) is 22.7 Å². The molecule has 3 aromatic heterocycles. The fourth-order valence-corrected chi connectivity index (χ4v) is 4.07. The van der Waals surface area contributed by atoms with Gasteiger partial charge in [0.2, 0.25) is 0 Å². The van der Waals surface area contributed by atoms with Crippen molar-refractivity contribution in [1.29, 1.82) is 0 Å². The average molecular weight is 400 g/mol. The zero-order valence-corrected chi connectivity index (χ0v) is 17.1. The SMILES string of the molecule is CCOC(=O)c1c(NC(=O)c2cnn3c(C)cc(C)nc23)sc(C(C)=O)c1C. The summed E-state index contributed by atoms with van der Waals surface area (Å²) in [5, 5.41) is 7.22. The lowest BCUT2D eigenvalue weighted by atomic mass is 10.1. The van der Waals surface area contributed by atoms with E-state index in [2.05, 4.69) is 15.4 Å². The fraction of sp³-hybridized carbons (Fsp3) is 0.316. The number of ether oxygens (including phenoxy) is 1. The first-order valence-corrected chi connectivity index (χ1v) is 9.51. The summed E-state index contributed by atoms with van der Waals surface area (Å²) in [5.41, 5.74) is 3.00. The number of carbonyl (C=O) groups excluding carboxylic acids is 3. The zero-order valence-electron chi connectivity index (χ0n) is 16.2. The van der Waals surface area contributed by atoms with Gasteiger partial charge in [-0.2, -0.15) is 5.10 Å². The first kappa shape index (κ1) is 19.7. The number of nitrogens with zero attached hydrogens (tertiary/aromatic N) is 3. The van der Waals surface area contributed by atoms with Gasteiger partial charge >= 0.3 is 5.97 Å². The number of nitrogens with one attached hydrogen (secondary N) is 1. The van der Waals surface area contributed by atoms with E-state index < -0.39 is 11.9 Å². The maximum Gasteiger partial charge on any atom is 0.341 e. The van der Waals surface area contributed by atoms with Crippen LogP contribution in [0.3, 0.4) is 0 Å². The van der Waals surface area contributed by atoms with Gasteiger partial charge in [-0.1, -0.05) is 0 Å². The van der Waals surface area contributed by atoms with E-state index in [1.54, 1.807) is 18.4 Å². The highest BCUT2D eigenvalue weighted by molar-refractivity contribution is 7.18. The number of aromatic nitrogens is 3. The number of esters is 1. The summed E-state index contributed by atoms with van der Waals surface area (Å²) < 4.78 is 6.67. The van der Waals surface area contributed by atoms with Gasteiger partial charge in [0, 0.05) is 11.4 Å². The molecule has 0 saturated carbocycles. The Kier molecular flexibility index (Phi) is 5.28. The molecule has 3 aromatic rings. The fourth-order valence-electron chi connectivity index (χ4n) is 2.99. The molecule has 9 heteroatoms. The normalized spacial score (nSPS) is 10.9. The summed E-state index contributed by atoms with van der Waals surface area (Å²) in [5.74, 6) is -1.23. The predicted octanol–water partition coefficient (Wildman–Crippen LogP) is 3.35. The van der Waals surface area contributed by atoms with Gasteiger partial charge in [0.25, 0.3) is 5.91 Å². The van der Waals surface area contributed by atoms with Crippen molar-refractivity contribution in [2.24, 2.45) is 0 Å². The van der Waals surface area contributed by atoms with Gasteiger partial charge in [-0.25, -0.2) is 14.3 Å². The van der Waals surface area contributed by atoms with Crippen LogP contribution >= 0.6 is 11.3 Å². The lowest BCUT2D eigenvalue weighted by Crippen LogP contribution is -2.15. The Morgan fingerprint density at radius 3 is 2.61 bits per heavy atom. The topological polar surface area (TPSA) is 103 Å². The van der Waals surface area contributed by atoms with E-state index in [-0.39, 0.29) is 28.5 Å². The summed E-state index contributed by atoms with van der Waals surface area (Å²) in [6.07, 6.45) is 1.43. The Hall–Kier alpha value is -3.07. The molecule has 0 bridgehead atoms. The van der Waals surface area contributed by atoms with Crippen molar-refractivity contribution in [3.05, 3.63) is 45.2 Å². The van der Waals surface area contributed by atoms with Crippen molar-refractivity contribution in [3.8, 4) is 0 Å². The monoisotopic (exact) mass is 400 g/mol. The van der Waals surface area contributed by atoms with Crippen LogP contribution in [0.2, 0.25) is 0 Å². The van der Waals surface area contributed by atoms with Crippen molar-refractivity contribution in [2.75, 3.05) is 11.9 Å². The summed E-state index contributed by atoms with van der Waals surface area (Å²) in [6.45, 7) is 8.67. The molecule has 146 valence electrons. The van der Waals surface area contributed by atoms with Crippen LogP contribution in [0.1, 0.15) is 61.2 Å². The van der Waals surface area contributed by atoms with E-state index in [0.29, 0.717) is 16.1 Å². The molecule has 0 spiro atoms. The molecule has 1 amide bonds. The van der Waals surface area contributed by atoms with Crippen LogP contribution in [0.15, 0.2) is 12.3 Å². The number of ketones is 1. The van der Waals surface area contributed by atoms with Crippen molar-refractivity contribution in [3.63, 3.8) is 0 Å². The van der Waals surface area contributed by atoms with Crippen LogP contribution < -0.4 is 5.32 Å². The van der Waals surface area contributed by atoms with Gasteiger partial charge in [0.1, 0.15) is 10.6 Å². The van der Waals surface area contributed by atoms with Crippen LogP contribution in [0.25, 0.3) is 5.65 Å². The largest absolute Gasteiger partial charge is 0.462 e. The molecule has 0 saturated heterocycles. The molecule has 0 aliphatic carbocycles. The van der Waals surface area contributed by atoms with E-state index in [4.69, 9.17) is 4.74 Å². The van der Waals surface area contributed by atoms with Crippen LogP contribution in [0, 0.1) is 20.8 Å². The number of amides is 1. The molecule has 0 aliphatic heterocycles. The Morgan fingerprint density at radius 1 is 1.25 bits per heavy atom. The molecular weight excluding hydrogens is 380 g/mol. The number of hydrogen-bond acceptors (Lipinski definition) is 7. The van der Waals surface area contributed by atoms with Crippen molar-refractivity contribution >= 4 is 39.6 Å². The molecule has 0 aromatic carbocycles. The standard InChI is InChI=1S/C19H20N4O4S/c1-6-27-19(26)14-11(4)15(12(5)24)28-18(14)22-17(25)13-8-20-23-10(3)7-9(2)21-16(13)23/h7-8H,6H2,1-5H3,(H,22,25). The van der Waals surface area contributed by atoms with Gasteiger partial charge in [-0.3, -0.25) is 9.59 Å². The number of hydrogen-bond donors (Lipinski definition) is 1. The van der Waals surface area contributed by atoms with Crippen LogP contribution in [0.5, 0.6) is 0 Å². The quantitative estimate of drug-likeness (QED) is 0.520. The lowest BCUT2D eigenvalue weighted by molar-refractivity contribution is 0.0527. The summed E-state index contributed by atoms with van der Waals surface area (Å²) in [6, 6.07) is 1.86. The highest BCUT2D eigenvalue weighted by Gasteiger charge is 2.26. The van der Waals surface area contributed by atoms with E-state index >= 15 is 0 Å². The zero-order chi connectivity index (χ0) is 20.6. The molecule has 0 aliphatic rings. The maximum atomic E-state index is 12.9. The van der Waals surface area contributed by atoms with Crippen molar-refractivity contribution in [2.45, 2.75) is 34.6 Å². The van der Waals surface area contributed by atoms with Crippen LogP contribution in [-0.4, -0.2) is 38.9 Å². The molecule has 3 heterocycles. The lowest BCUT2D eigenvalue weighted by Gasteiger charge is -2.07. The van der Waals surface area contributed by atoms with E-state index in [1.165, 1.54) is 13.1 Å². The van der Waals surface area contributed by atoms with Gasteiger partial charge in [0.05, 0.1) is 23.2 Å². The maximum absolute atomic E-state index is 12.9. The Morgan fingerprint density at radius 2 is 1.96 bits per heavy atom. The molecule has 8 nitrogen and oxygen atoms in total. The number of rotatable bonds is 5. The second kappa shape index (κ2) is 7.51. The minimum atomic E-state index is -0.580. The average Bonchev–Trinajstić information content (AvgIpc) is 3.16. The molecule has 0 unspecified atom stereocenters. The minimum Gasteiger partial charge on any atom is -0.462 e. The van der Waals surface area contributed by atoms with Gasteiger partial charge in [-0.05, 0) is 46.2 Å². The van der Waals surface area contributed by atoms with Crippen LogP contribution in [-0.2, 0) is 4.74 Å². The third-order valence-corrected chi connectivity index (χ3v) is 5.50. The Balaban J connectivity index is 2.04. The number of Topliss-reactive ketones (excluding diaryl/α,β-unsaturated/α-hetero) is 1. The van der Waals surface area contributed by atoms with E-state index in [1.807, 2.05) is 19.9 Å². The number of fused-ring (bicyclic) bond motifs is 1. The molecule has 3 rings (SSSR count). The second-order valence-electron chi connectivity index (χ2n) is 6.32. The number of thiophene rings is 1. The third-order valence-electron chi connectivity index (χ3n) is 4.20. The van der Waals surface area contributed by atoms with Gasteiger partial charge < -0.3 is 10.1 Å². The summed E-state index contributed by atoms with van der Waals surface area (Å²) in [4.78, 5) is 42.0. The highest BCUT2D eigenvalue weighted by atomic mass is 32.1. The smallest absolute Gasteiger partial charge is 0.341 e. The summed E-state index contributed by atoms with van der Waals surface area (Å²) >= 11 is 1.06. The molecule has 28 heavy (non-hydrogen) atoms. The van der Waals surface area contributed by atoms with Crippen molar-refractivity contribution < 1.29 is 19.1 Å². The molecule has 0 radical (unpaired) electrons. The van der Waals surface area contributed by atoms with Gasteiger partial charge in [-0.15, -0.1) is 11.3 Å². The second-order valence-corrected chi connectivity index (χ2v) is 7.34. The predicted molar refractivity (Wildman–Crippen MR) is 105 cm³/mol. The first-order valence-electron chi connectivity index (χ1n) is 8.69. The van der Waals surface area contributed by atoms with E-state index in [9.17, 15) is 14.4 Å². The Labute approximate surface area is 165 Å².